The number of aromatic nitrogens is 2. The van der Waals surface area contributed by atoms with Crippen LogP contribution in [0.5, 0.6) is 0 Å². The second-order valence-electron chi connectivity index (χ2n) is 5.24. The molecule has 0 aliphatic heterocycles. The smallest absolute Gasteiger partial charge is 0.233 e. The topological polar surface area (TPSA) is 84.0 Å². The summed E-state index contributed by atoms with van der Waals surface area (Å²) in [5.41, 5.74) is 2.22. The Morgan fingerprint density at radius 2 is 1.71 bits per heavy atom. The summed E-state index contributed by atoms with van der Waals surface area (Å²) in [7, 11) is 0. The Morgan fingerprint density at radius 1 is 0.917 bits per heavy atom. The number of nitrogens with zero attached hydrogens (tertiary/aromatic N) is 2. The number of pyridine rings is 2. The van der Waals surface area contributed by atoms with Crippen molar-refractivity contribution in [3.05, 3.63) is 66.6 Å². The number of benzene rings is 1. The van der Waals surface area contributed by atoms with Gasteiger partial charge in [-0.05, 0) is 29.8 Å². The van der Waals surface area contributed by atoms with Crippen LogP contribution in [0.25, 0.3) is 10.9 Å². The highest BCUT2D eigenvalue weighted by atomic mass is 16.2. The van der Waals surface area contributed by atoms with Crippen molar-refractivity contribution in [2.75, 3.05) is 5.32 Å². The largest absolute Gasteiger partial charge is 0.352 e. The van der Waals surface area contributed by atoms with Gasteiger partial charge in [-0.1, -0.05) is 18.2 Å². The summed E-state index contributed by atoms with van der Waals surface area (Å²) in [6.07, 6.45) is 4.73. The van der Waals surface area contributed by atoms with Gasteiger partial charge in [0, 0.05) is 30.5 Å². The van der Waals surface area contributed by atoms with Crippen molar-refractivity contribution in [2.45, 2.75) is 13.0 Å². The monoisotopic (exact) mass is 320 g/mol. The molecule has 0 fully saturated rings. The Bertz CT molecular complexity index is 860. The van der Waals surface area contributed by atoms with Gasteiger partial charge in [-0.15, -0.1) is 0 Å². The van der Waals surface area contributed by atoms with Crippen LogP contribution in [0.1, 0.15) is 12.0 Å². The van der Waals surface area contributed by atoms with E-state index in [0.29, 0.717) is 17.7 Å². The van der Waals surface area contributed by atoms with E-state index in [1.807, 2.05) is 36.4 Å². The lowest BCUT2D eigenvalue weighted by Crippen LogP contribution is -2.27. The van der Waals surface area contributed by atoms with E-state index in [2.05, 4.69) is 20.6 Å². The Labute approximate surface area is 138 Å². The summed E-state index contributed by atoms with van der Waals surface area (Å²) in [5.74, 6) is -0.710. The second-order valence-corrected chi connectivity index (χ2v) is 5.24. The number of anilines is 1. The maximum atomic E-state index is 12.1. The van der Waals surface area contributed by atoms with Crippen molar-refractivity contribution >= 4 is 28.4 Å². The molecule has 2 heterocycles. The molecule has 6 heteroatoms. The van der Waals surface area contributed by atoms with Gasteiger partial charge in [0.05, 0.1) is 11.2 Å². The molecule has 0 radical (unpaired) electrons. The molecule has 0 spiro atoms. The van der Waals surface area contributed by atoms with Crippen LogP contribution < -0.4 is 10.6 Å². The summed E-state index contributed by atoms with van der Waals surface area (Å²) in [6, 6.07) is 12.9. The summed E-state index contributed by atoms with van der Waals surface area (Å²) < 4.78 is 0. The standard InChI is InChI=1S/C18H16N4O2/c23-16(21-12-13-6-9-19-10-7-13)11-17(24)22-15-5-1-3-14-4-2-8-20-18(14)15/h1-10H,11-12H2,(H,21,23)(H,22,24). The highest BCUT2D eigenvalue weighted by Crippen LogP contribution is 2.20. The average Bonchev–Trinajstić information content (AvgIpc) is 2.61. The van der Waals surface area contributed by atoms with Gasteiger partial charge in [0.25, 0.3) is 0 Å². The number of carbonyl (C=O) groups excluding carboxylic acids is 2. The number of amides is 2. The van der Waals surface area contributed by atoms with E-state index in [4.69, 9.17) is 0 Å². The highest BCUT2D eigenvalue weighted by Gasteiger charge is 2.11. The molecule has 24 heavy (non-hydrogen) atoms. The maximum absolute atomic E-state index is 12.1. The Balaban J connectivity index is 1.58. The molecule has 0 aliphatic carbocycles. The van der Waals surface area contributed by atoms with E-state index in [1.165, 1.54) is 0 Å². The first-order valence-corrected chi connectivity index (χ1v) is 7.51. The summed E-state index contributed by atoms with van der Waals surface area (Å²) >= 11 is 0. The molecule has 0 unspecified atom stereocenters. The molecule has 120 valence electrons. The van der Waals surface area contributed by atoms with E-state index in [-0.39, 0.29) is 18.2 Å². The molecule has 2 aromatic heterocycles. The van der Waals surface area contributed by atoms with Crippen molar-refractivity contribution < 1.29 is 9.59 Å². The first-order chi connectivity index (χ1) is 11.7. The molecule has 0 saturated heterocycles. The minimum absolute atomic E-state index is 0.242. The highest BCUT2D eigenvalue weighted by molar-refractivity contribution is 6.06. The lowest BCUT2D eigenvalue weighted by Gasteiger charge is -2.08. The van der Waals surface area contributed by atoms with Gasteiger partial charge in [-0.3, -0.25) is 19.6 Å². The number of nitrogens with one attached hydrogen (secondary N) is 2. The van der Waals surface area contributed by atoms with E-state index in [0.717, 1.165) is 10.9 Å². The van der Waals surface area contributed by atoms with E-state index < -0.39 is 0 Å². The minimum atomic E-state index is -0.375. The van der Waals surface area contributed by atoms with Gasteiger partial charge < -0.3 is 10.6 Å². The van der Waals surface area contributed by atoms with Crippen LogP contribution in [0.2, 0.25) is 0 Å². The first kappa shape index (κ1) is 15.6. The zero-order chi connectivity index (χ0) is 16.8. The third kappa shape index (κ3) is 3.92. The van der Waals surface area contributed by atoms with Crippen LogP contribution in [0.4, 0.5) is 5.69 Å². The Kier molecular flexibility index (Phi) is 4.76. The third-order valence-corrected chi connectivity index (χ3v) is 3.47. The van der Waals surface area contributed by atoms with Gasteiger partial charge in [0.15, 0.2) is 0 Å². The molecule has 0 bridgehead atoms. The van der Waals surface area contributed by atoms with Gasteiger partial charge in [-0.25, -0.2) is 0 Å². The van der Waals surface area contributed by atoms with E-state index in [1.54, 1.807) is 24.7 Å². The number of para-hydroxylation sites is 1. The fraction of sp³-hybridized carbons (Fsp3) is 0.111. The molecular formula is C18H16N4O2. The molecule has 0 aliphatic rings. The zero-order valence-corrected chi connectivity index (χ0v) is 12.9. The fourth-order valence-electron chi connectivity index (χ4n) is 2.31. The molecular weight excluding hydrogens is 304 g/mol. The quantitative estimate of drug-likeness (QED) is 0.706. The molecule has 0 atom stereocenters. The number of carbonyl (C=O) groups is 2. The molecule has 3 aromatic rings. The van der Waals surface area contributed by atoms with Gasteiger partial charge in [-0.2, -0.15) is 0 Å². The Hall–Kier alpha value is -3.28. The molecule has 0 saturated carbocycles. The van der Waals surface area contributed by atoms with E-state index in [9.17, 15) is 9.59 Å². The van der Waals surface area contributed by atoms with Crippen LogP contribution >= 0.6 is 0 Å². The normalized spacial score (nSPS) is 10.3. The van der Waals surface area contributed by atoms with Crippen LogP contribution in [-0.2, 0) is 16.1 Å². The molecule has 3 rings (SSSR count). The molecule has 2 N–H and O–H groups in total. The summed E-state index contributed by atoms with van der Waals surface area (Å²) in [4.78, 5) is 32.1. The zero-order valence-electron chi connectivity index (χ0n) is 12.9. The predicted molar refractivity (Wildman–Crippen MR) is 91.1 cm³/mol. The van der Waals surface area contributed by atoms with Gasteiger partial charge >= 0.3 is 0 Å². The number of rotatable bonds is 5. The van der Waals surface area contributed by atoms with Crippen molar-refractivity contribution in [2.24, 2.45) is 0 Å². The molecule has 6 nitrogen and oxygen atoms in total. The lowest BCUT2D eigenvalue weighted by atomic mass is 10.2. The van der Waals surface area contributed by atoms with Crippen molar-refractivity contribution in [3.8, 4) is 0 Å². The van der Waals surface area contributed by atoms with Crippen LogP contribution in [0, 0.1) is 0 Å². The number of fused-ring (bicyclic) bond motifs is 1. The second kappa shape index (κ2) is 7.32. The van der Waals surface area contributed by atoms with Crippen LogP contribution in [-0.4, -0.2) is 21.8 Å². The molecule has 2 amide bonds. The van der Waals surface area contributed by atoms with Crippen molar-refractivity contribution in [3.63, 3.8) is 0 Å². The lowest BCUT2D eigenvalue weighted by molar-refractivity contribution is -0.126. The van der Waals surface area contributed by atoms with Crippen molar-refractivity contribution in [1.29, 1.82) is 0 Å². The number of hydrogen-bond donors (Lipinski definition) is 2. The van der Waals surface area contributed by atoms with Gasteiger partial charge in [0.1, 0.15) is 6.42 Å². The van der Waals surface area contributed by atoms with Crippen molar-refractivity contribution in [1.82, 2.24) is 15.3 Å². The Morgan fingerprint density at radius 3 is 2.54 bits per heavy atom. The van der Waals surface area contributed by atoms with Crippen LogP contribution in [0.3, 0.4) is 0 Å². The fourth-order valence-corrected chi connectivity index (χ4v) is 2.31. The maximum Gasteiger partial charge on any atom is 0.233 e. The first-order valence-electron chi connectivity index (χ1n) is 7.51. The average molecular weight is 320 g/mol. The third-order valence-electron chi connectivity index (χ3n) is 3.47. The molecule has 1 aromatic carbocycles. The number of hydrogen-bond acceptors (Lipinski definition) is 4. The predicted octanol–water partition coefficient (Wildman–Crippen LogP) is 2.27. The SMILES string of the molecule is O=C(CC(=O)Nc1cccc2cccnc12)NCc1ccncc1. The summed E-state index contributed by atoms with van der Waals surface area (Å²) in [5, 5.41) is 6.38. The van der Waals surface area contributed by atoms with E-state index >= 15 is 0 Å². The minimum Gasteiger partial charge on any atom is -0.352 e. The van der Waals surface area contributed by atoms with Gasteiger partial charge in [0.2, 0.25) is 11.8 Å². The van der Waals surface area contributed by atoms with Crippen LogP contribution in [0.15, 0.2) is 61.1 Å². The summed E-state index contributed by atoms with van der Waals surface area (Å²) in [6.45, 7) is 0.366.